The van der Waals surface area contributed by atoms with Crippen molar-refractivity contribution in [3.8, 4) is 0 Å². The molecule has 2 rings (SSSR count). The van der Waals surface area contributed by atoms with Crippen LogP contribution in [-0.4, -0.2) is 32.2 Å². The van der Waals surface area contributed by atoms with Gasteiger partial charge in [0.1, 0.15) is 5.76 Å². The third kappa shape index (κ3) is 4.11. The Morgan fingerprint density at radius 1 is 1.16 bits per heavy atom. The molecule has 0 atom stereocenters. The van der Waals surface area contributed by atoms with Crippen LogP contribution in [0.4, 0.5) is 0 Å². The van der Waals surface area contributed by atoms with Crippen molar-refractivity contribution in [1.29, 1.82) is 0 Å². The third-order valence-corrected chi connectivity index (χ3v) is 6.45. The summed E-state index contributed by atoms with van der Waals surface area (Å²) < 4.78 is 32.2. The molecule has 1 aromatic carbocycles. The lowest BCUT2D eigenvalue weighted by Gasteiger charge is -2.21. The summed E-state index contributed by atoms with van der Waals surface area (Å²) in [5.74, 6) is 0.224. The Labute approximate surface area is 148 Å². The minimum Gasteiger partial charge on any atom is -0.467 e. The minimum atomic E-state index is -3.76. The number of furan rings is 1. The Hall–Kier alpha value is -2.12. The predicted octanol–water partition coefficient (Wildman–Crippen LogP) is 2.45. The van der Waals surface area contributed by atoms with Gasteiger partial charge in [-0.2, -0.15) is 4.31 Å². The number of sulfonamides is 1. The maximum atomic E-state index is 13.0. The lowest BCUT2D eigenvalue weighted by Crippen LogP contribution is -2.38. The number of nitrogens with one attached hydrogen (secondary N) is 1. The van der Waals surface area contributed by atoms with Crippen LogP contribution in [0, 0.1) is 27.7 Å². The Morgan fingerprint density at radius 2 is 1.76 bits per heavy atom. The minimum absolute atomic E-state index is 0.224. The number of nitrogens with zero attached hydrogens (tertiary/aromatic N) is 1. The second kappa shape index (κ2) is 7.41. The molecule has 0 aliphatic heterocycles. The Bertz CT molecular complexity index is 845. The number of carbonyl (C=O) groups is 1. The van der Waals surface area contributed by atoms with Crippen LogP contribution < -0.4 is 5.32 Å². The van der Waals surface area contributed by atoms with Crippen molar-refractivity contribution in [1.82, 2.24) is 9.62 Å². The molecule has 0 aliphatic carbocycles. The molecule has 7 heteroatoms. The molecule has 0 spiro atoms. The summed E-state index contributed by atoms with van der Waals surface area (Å²) in [6.07, 6.45) is 1.52. The molecular formula is C18H24N2O4S. The Kier molecular flexibility index (Phi) is 5.69. The van der Waals surface area contributed by atoms with Crippen molar-refractivity contribution in [2.45, 2.75) is 39.1 Å². The zero-order valence-electron chi connectivity index (χ0n) is 15.2. The van der Waals surface area contributed by atoms with E-state index in [1.54, 1.807) is 26.0 Å². The highest BCUT2D eigenvalue weighted by Crippen LogP contribution is 2.28. The van der Waals surface area contributed by atoms with E-state index in [-0.39, 0.29) is 23.9 Å². The number of hydrogen-bond acceptors (Lipinski definition) is 4. The standard InChI is InChI=1S/C18H24N2O4S/c1-12-9-13(2)15(4)18(14(12)3)25(22,23)20(5)11-17(21)19-10-16-7-6-8-24-16/h6-9H,10-11H2,1-5H3,(H,19,21). The molecule has 1 heterocycles. The highest BCUT2D eigenvalue weighted by molar-refractivity contribution is 7.89. The number of hydrogen-bond donors (Lipinski definition) is 1. The highest BCUT2D eigenvalue weighted by atomic mass is 32.2. The second-order valence-corrected chi connectivity index (χ2v) is 8.19. The van der Waals surface area contributed by atoms with Crippen LogP contribution >= 0.6 is 0 Å². The zero-order chi connectivity index (χ0) is 18.8. The topological polar surface area (TPSA) is 79.6 Å². The number of likely N-dealkylation sites (N-methyl/N-ethyl adjacent to an activating group) is 1. The molecule has 2 aromatic rings. The molecule has 0 saturated heterocycles. The molecule has 0 saturated carbocycles. The second-order valence-electron chi connectivity index (χ2n) is 6.21. The van der Waals surface area contributed by atoms with Crippen LogP contribution in [0.1, 0.15) is 28.0 Å². The number of carbonyl (C=O) groups excluding carboxylic acids is 1. The van der Waals surface area contributed by atoms with Crippen LogP contribution in [-0.2, 0) is 21.4 Å². The maximum absolute atomic E-state index is 13.0. The summed E-state index contributed by atoms with van der Waals surface area (Å²) in [5.41, 5.74) is 3.26. The van der Waals surface area contributed by atoms with Gasteiger partial charge >= 0.3 is 0 Å². The van der Waals surface area contributed by atoms with Gasteiger partial charge in [-0.3, -0.25) is 4.79 Å². The first-order chi connectivity index (χ1) is 11.6. The van der Waals surface area contributed by atoms with E-state index >= 15 is 0 Å². The number of aryl methyl sites for hydroxylation is 2. The summed E-state index contributed by atoms with van der Waals surface area (Å²) in [4.78, 5) is 12.4. The van der Waals surface area contributed by atoms with Crippen molar-refractivity contribution in [3.63, 3.8) is 0 Å². The van der Waals surface area contributed by atoms with E-state index in [4.69, 9.17) is 4.42 Å². The van der Waals surface area contributed by atoms with Crippen LogP contribution in [0.5, 0.6) is 0 Å². The zero-order valence-corrected chi connectivity index (χ0v) is 16.0. The Morgan fingerprint density at radius 3 is 2.28 bits per heavy atom. The molecule has 0 unspecified atom stereocenters. The molecule has 136 valence electrons. The van der Waals surface area contributed by atoms with Gasteiger partial charge in [-0.15, -0.1) is 0 Å². The average molecular weight is 364 g/mol. The van der Waals surface area contributed by atoms with Crippen molar-refractivity contribution in [3.05, 3.63) is 52.5 Å². The van der Waals surface area contributed by atoms with Gasteiger partial charge in [0, 0.05) is 7.05 Å². The maximum Gasteiger partial charge on any atom is 0.243 e. The molecule has 1 N–H and O–H groups in total. The van der Waals surface area contributed by atoms with Crippen molar-refractivity contribution >= 4 is 15.9 Å². The van der Waals surface area contributed by atoms with E-state index in [9.17, 15) is 13.2 Å². The number of rotatable bonds is 6. The van der Waals surface area contributed by atoms with E-state index in [0.29, 0.717) is 16.9 Å². The van der Waals surface area contributed by atoms with E-state index in [0.717, 1.165) is 15.4 Å². The smallest absolute Gasteiger partial charge is 0.243 e. The summed E-state index contributed by atoms with van der Waals surface area (Å²) in [6, 6.07) is 5.44. The van der Waals surface area contributed by atoms with Crippen LogP contribution in [0.3, 0.4) is 0 Å². The van der Waals surface area contributed by atoms with Gasteiger partial charge in [0.2, 0.25) is 15.9 Å². The van der Waals surface area contributed by atoms with Crippen molar-refractivity contribution in [2.24, 2.45) is 0 Å². The van der Waals surface area contributed by atoms with E-state index in [1.807, 2.05) is 19.9 Å². The SMILES string of the molecule is Cc1cc(C)c(C)c(S(=O)(=O)N(C)CC(=O)NCc2ccco2)c1C. The van der Waals surface area contributed by atoms with Gasteiger partial charge in [-0.1, -0.05) is 6.07 Å². The van der Waals surface area contributed by atoms with Gasteiger partial charge in [0.05, 0.1) is 24.2 Å². The van der Waals surface area contributed by atoms with Crippen LogP contribution in [0.2, 0.25) is 0 Å². The predicted molar refractivity (Wildman–Crippen MR) is 95.8 cm³/mol. The summed E-state index contributed by atoms with van der Waals surface area (Å²) in [6.45, 7) is 7.32. The number of amides is 1. The van der Waals surface area contributed by atoms with Crippen molar-refractivity contribution < 1.29 is 17.6 Å². The summed E-state index contributed by atoms with van der Waals surface area (Å²) >= 11 is 0. The van der Waals surface area contributed by atoms with Gasteiger partial charge in [-0.05, 0) is 62.1 Å². The first-order valence-corrected chi connectivity index (χ1v) is 9.41. The number of benzene rings is 1. The van der Waals surface area contributed by atoms with Gasteiger partial charge in [0.25, 0.3) is 0 Å². The van der Waals surface area contributed by atoms with Gasteiger partial charge in [-0.25, -0.2) is 8.42 Å². The highest BCUT2D eigenvalue weighted by Gasteiger charge is 2.27. The van der Waals surface area contributed by atoms with Crippen LogP contribution in [0.15, 0.2) is 33.8 Å². The third-order valence-electron chi connectivity index (χ3n) is 4.37. The molecule has 6 nitrogen and oxygen atoms in total. The van der Waals surface area contributed by atoms with E-state index in [1.165, 1.54) is 13.3 Å². The Balaban J connectivity index is 2.18. The fourth-order valence-corrected chi connectivity index (χ4v) is 4.36. The molecule has 25 heavy (non-hydrogen) atoms. The van der Waals surface area contributed by atoms with Gasteiger partial charge < -0.3 is 9.73 Å². The fourth-order valence-electron chi connectivity index (χ4n) is 2.67. The molecule has 1 aromatic heterocycles. The largest absolute Gasteiger partial charge is 0.467 e. The molecular weight excluding hydrogens is 340 g/mol. The summed E-state index contributed by atoms with van der Waals surface area (Å²) in [5, 5.41) is 2.65. The molecule has 1 amide bonds. The lowest BCUT2D eigenvalue weighted by atomic mass is 10.0. The quantitative estimate of drug-likeness (QED) is 0.854. The van der Waals surface area contributed by atoms with E-state index < -0.39 is 10.0 Å². The fraction of sp³-hybridized carbons (Fsp3) is 0.389. The van der Waals surface area contributed by atoms with Crippen molar-refractivity contribution in [2.75, 3.05) is 13.6 Å². The first kappa shape index (κ1) is 19.2. The van der Waals surface area contributed by atoms with E-state index in [2.05, 4.69) is 5.32 Å². The molecule has 0 fully saturated rings. The molecule has 0 radical (unpaired) electrons. The lowest BCUT2D eigenvalue weighted by molar-refractivity contribution is -0.121. The molecule has 0 bridgehead atoms. The summed E-state index contributed by atoms with van der Waals surface area (Å²) in [7, 11) is -2.35. The monoisotopic (exact) mass is 364 g/mol. The first-order valence-electron chi connectivity index (χ1n) is 7.97. The normalized spacial score (nSPS) is 11.8. The van der Waals surface area contributed by atoms with Crippen LogP contribution in [0.25, 0.3) is 0 Å². The molecule has 0 aliphatic rings. The van der Waals surface area contributed by atoms with Gasteiger partial charge in [0.15, 0.2) is 0 Å². The average Bonchev–Trinajstić information content (AvgIpc) is 3.04.